The molecule has 0 radical (unpaired) electrons. The second kappa shape index (κ2) is 10.7. The molecule has 0 aliphatic rings. The second-order valence-electron chi connectivity index (χ2n) is 12.2. The normalized spacial score (nSPS) is 11.8. The molecule has 10 rings (SSSR count). The number of rotatable bonds is 4. The van der Waals surface area contributed by atoms with Crippen LogP contribution in [0.15, 0.2) is 162 Å². The average molecular weight is 631 g/mol. The van der Waals surface area contributed by atoms with Gasteiger partial charge >= 0.3 is 0 Å². The maximum Gasteiger partial charge on any atom is 0.161 e. The van der Waals surface area contributed by atoms with Crippen LogP contribution in [0.4, 0.5) is 0 Å². The van der Waals surface area contributed by atoms with Gasteiger partial charge < -0.3 is 4.42 Å². The van der Waals surface area contributed by atoms with E-state index < -0.39 is 0 Å². The van der Waals surface area contributed by atoms with Crippen molar-refractivity contribution in [2.24, 2.45) is 0 Å². The Labute approximate surface area is 280 Å². The molecule has 0 unspecified atom stereocenters. The zero-order valence-electron chi connectivity index (χ0n) is 25.7. The standard InChI is InChI=1S/C44H26N2OS/c1-2-9-27(10-3-1)33-23-24-35-39(26-33)48-43-41(30-20-17-29(18-21-30)32-22-19-28-11-4-5-12-31(28)25-32)45-44(46-42(35)43)36-14-8-16-38-40(36)34-13-6-7-15-37(34)47-38/h1-26H. The lowest BCUT2D eigenvalue weighted by Crippen LogP contribution is -1.94. The number of para-hydroxylation sites is 1. The largest absolute Gasteiger partial charge is 0.456 e. The summed E-state index contributed by atoms with van der Waals surface area (Å²) in [6, 6.07) is 55.6. The zero-order chi connectivity index (χ0) is 31.6. The summed E-state index contributed by atoms with van der Waals surface area (Å²) in [5.41, 5.74) is 10.4. The molecule has 3 heterocycles. The molecule has 4 heteroatoms. The van der Waals surface area contributed by atoms with Crippen LogP contribution < -0.4 is 0 Å². The number of fused-ring (bicyclic) bond motifs is 7. The number of furan rings is 1. The molecular formula is C44H26N2OS. The molecule has 0 saturated carbocycles. The summed E-state index contributed by atoms with van der Waals surface area (Å²) in [5, 5.41) is 5.72. The number of aromatic nitrogens is 2. The fourth-order valence-electron chi connectivity index (χ4n) is 6.92. The Bertz CT molecular complexity index is 2830. The molecule has 0 aliphatic carbocycles. The predicted molar refractivity (Wildman–Crippen MR) is 201 cm³/mol. The first-order valence-corrected chi connectivity index (χ1v) is 16.9. The van der Waals surface area contributed by atoms with Gasteiger partial charge in [0.15, 0.2) is 5.82 Å². The van der Waals surface area contributed by atoms with Crippen molar-refractivity contribution >= 4 is 64.4 Å². The topological polar surface area (TPSA) is 38.9 Å². The van der Waals surface area contributed by atoms with Crippen molar-refractivity contribution < 1.29 is 4.42 Å². The molecule has 224 valence electrons. The van der Waals surface area contributed by atoms with Gasteiger partial charge in [0.25, 0.3) is 0 Å². The Morgan fingerprint density at radius 1 is 0.458 bits per heavy atom. The number of hydrogen-bond donors (Lipinski definition) is 0. The molecule has 0 fully saturated rings. The van der Waals surface area contributed by atoms with E-state index in [2.05, 4.69) is 133 Å². The highest BCUT2D eigenvalue weighted by molar-refractivity contribution is 7.26. The monoisotopic (exact) mass is 630 g/mol. The van der Waals surface area contributed by atoms with E-state index in [1.165, 1.54) is 37.7 Å². The highest BCUT2D eigenvalue weighted by atomic mass is 32.1. The Hall–Kier alpha value is -6.10. The van der Waals surface area contributed by atoms with Gasteiger partial charge in [-0.3, -0.25) is 0 Å². The SMILES string of the molecule is c1ccc(-c2ccc3c(c2)sc2c(-c4ccc(-c5ccc6ccccc6c5)cc4)nc(-c4cccc5oc6ccccc6c45)nc23)cc1. The van der Waals surface area contributed by atoms with Gasteiger partial charge in [-0.1, -0.05) is 133 Å². The van der Waals surface area contributed by atoms with Crippen molar-refractivity contribution in [1.29, 1.82) is 0 Å². The molecule has 10 aromatic rings. The van der Waals surface area contributed by atoms with Crippen LogP contribution in [0.5, 0.6) is 0 Å². The average Bonchev–Trinajstić information content (AvgIpc) is 3.73. The van der Waals surface area contributed by atoms with Crippen LogP contribution in [-0.2, 0) is 0 Å². The maximum atomic E-state index is 6.26. The predicted octanol–water partition coefficient (Wildman–Crippen LogP) is 12.6. The summed E-state index contributed by atoms with van der Waals surface area (Å²) in [5.74, 6) is 0.695. The lowest BCUT2D eigenvalue weighted by Gasteiger charge is -2.09. The first-order valence-electron chi connectivity index (χ1n) is 16.1. The van der Waals surface area contributed by atoms with Crippen LogP contribution in [-0.4, -0.2) is 9.97 Å². The van der Waals surface area contributed by atoms with Crippen molar-refractivity contribution in [2.75, 3.05) is 0 Å². The number of thiophene rings is 1. The molecule has 0 bridgehead atoms. The van der Waals surface area contributed by atoms with E-state index in [-0.39, 0.29) is 0 Å². The van der Waals surface area contributed by atoms with Crippen molar-refractivity contribution in [2.45, 2.75) is 0 Å². The molecule has 7 aromatic carbocycles. The minimum Gasteiger partial charge on any atom is -0.456 e. The first kappa shape index (κ1) is 27.1. The smallest absolute Gasteiger partial charge is 0.161 e. The number of nitrogens with zero attached hydrogens (tertiary/aromatic N) is 2. The third kappa shape index (κ3) is 4.34. The first-order chi connectivity index (χ1) is 23.8. The summed E-state index contributed by atoms with van der Waals surface area (Å²) in [7, 11) is 0. The highest BCUT2D eigenvalue weighted by Gasteiger charge is 2.20. The summed E-state index contributed by atoms with van der Waals surface area (Å²) in [6.45, 7) is 0. The van der Waals surface area contributed by atoms with Crippen molar-refractivity contribution in [3.8, 4) is 44.9 Å². The van der Waals surface area contributed by atoms with Gasteiger partial charge in [-0.05, 0) is 57.3 Å². The van der Waals surface area contributed by atoms with E-state index in [0.29, 0.717) is 5.82 Å². The van der Waals surface area contributed by atoms with Gasteiger partial charge in [-0.2, -0.15) is 0 Å². The quantitative estimate of drug-likeness (QED) is 0.194. The highest BCUT2D eigenvalue weighted by Crippen LogP contribution is 2.43. The van der Waals surface area contributed by atoms with Gasteiger partial charge in [-0.15, -0.1) is 11.3 Å². The number of hydrogen-bond acceptors (Lipinski definition) is 4. The van der Waals surface area contributed by atoms with Crippen LogP contribution >= 0.6 is 11.3 Å². The molecule has 48 heavy (non-hydrogen) atoms. The van der Waals surface area contributed by atoms with Gasteiger partial charge in [0, 0.05) is 32.0 Å². The van der Waals surface area contributed by atoms with E-state index in [9.17, 15) is 0 Å². The van der Waals surface area contributed by atoms with Crippen LogP contribution in [0.1, 0.15) is 0 Å². The van der Waals surface area contributed by atoms with Gasteiger partial charge in [0.1, 0.15) is 11.2 Å². The van der Waals surface area contributed by atoms with Crippen LogP contribution in [0.2, 0.25) is 0 Å². The third-order valence-electron chi connectivity index (χ3n) is 9.31. The summed E-state index contributed by atoms with van der Waals surface area (Å²) in [6.07, 6.45) is 0. The molecule has 0 saturated heterocycles. The minimum absolute atomic E-state index is 0.695. The van der Waals surface area contributed by atoms with Gasteiger partial charge in [-0.25, -0.2) is 9.97 Å². The van der Waals surface area contributed by atoms with Crippen molar-refractivity contribution in [3.63, 3.8) is 0 Å². The fourth-order valence-corrected chi connectivity index (χ4v) is 8.11. The lowest BCUT2D eigenvalue weighted by molar-refractivity contribution is 0.669. The molecule has 0 spiro atoms. The molecule has 3 aromatic heterocycles. The fraction of sp³-hybridized carbons (Fsp3) is 0. The summed E-state index contributed by atoms with van der Waals surface area (Å²) in [4.78, 5) is 10.7. The summed E-state index contributed by atoms with van der Waals surface area (Å²) >= 11 is 1.76. The van der Waals surface area contributed by atoms with E-state index in [1.807, 2.05) is 24.3 Å². The van der Waals surface area contributed by atoms with Crippen molar-refractivity contribution in [1.82, 2.24) is 9.97 Å². The van der Waals surface area contributed by atoms with Crippen LogP contribution in [0.25, 0.3) is 97.9 Å². The Balaban J connectivity index is 1.19. The molecule has 0 amide bonds. The molecule has 3 nitrogen and oxygen atoms in total. The van der Waals surface area contributed by atoms with E-state index in [4.69, 9.17) is 14.4 Å². The molecular weight excluding hydrogens is 605 g/mol. The zero-order valence-corrected chi connectivity index (χ0v) is 26.5. The van der Waals surface area contributed by atoms with Crippen LogP contribution in [0, 0.1) is 0 Å². The Kier molecular flexibility index (Phi) is 6.05. The van der Waals surface area contributed by atoms with Gasteiger partial charge in [0.05, 0.1) is 15.9 Å². The van der Waals surface area contributed by atoms with E-state index in [1.54, 1.807) is 11.3 Å². The lowest BCUT2D eigenvalue weighted by atomic mass is 9.99. The van der Waals surface area contributed by atoms with E-state index in [0.717, 1.165) is 54.4 Å². The molecule has 0 atom stereocenters. The second-order valence-corrected chi connectivity index (χ2v) is 13.2. The van der Waals surface area contributed by atoms with Gasteiger partial charge in [0.2, 0.25) is 0 Å². The minimum atomic E-state index is 0.695. The number of benzene rings is 7. The summed E-state index contributed by atoms with van der Waals surface area (Å²) < 4.78 is 8.53. The van der Waals surface area contributed by atoms with Crippen molar-refractivity contribution in [3.05, 3.63) is 158 Å². The van der Waals surface area contributed by atoms with Crippen LogP contribution in [0.3, 0.4) is 0 Å². The van der Waals surface area contributed by atoms with E-state index >= 15 is 0 Å². The maximum absolute atomic E-state index is 6.26. The Morgan fingerprint density at radius 2 is 1.15 bits per heavy atom. The third-order valence-corrected chi connectivity index (χ3v) is 10.5. The molecule has 0 N–H and O–H groups in total. The Morgan fingerprint density at radius 3 is 2.04 bits per heavy atom. The molecule has 0 aliphatic heterocycles.